The summed E-state index contributed by atoms with van der Waals surface area (Å²) in [6.07, 6.45) is 7.40. The van der Waals surface area contributed by atoms with E-state index in [1.165, 1.54) is 0 Å². The van der Waals surface area contributed by atoms with Crippen LogP contribution < -0.4 is 0 Å². The van der Waals surface area contributed by atoms with Gasteiger partial charge in [-0.25, -0.2) is 0 Å². The fourth-order valence-corrected chi connectivity index (χ4v) is 3.33. The first-order valence-electron chi connectivity index (χ1n) is 9.44. The van der Waals surface area contributed by atoms with Gasteiger partial charge in [0.1, 0.15) is 0 Å². The quantitative estimate of drug-likeness (QED) is 0.192. The summed E-state index contributed by atoms with van der Waals surface area (Å²) in [5, 5.41) is 15.0. The van der Waals surface area contributed by atoms with Crippen LogP contribution in [0.15, 0.2) is 95.2 Å². The number of azide groups is 2. The smallest absolute Gasteiger partial charge is 0.165 e. The number of hydrogen-bond acceptors (Lipinski definition) is 3. The highest BCUT2D eigenvalue weighted by atomic mass is 15.1. The van der Waals surface area contributed by atoms with Gasteiger partial charge in [0.2, 0.25) is 0 Å². The number of hydrogen-bond donors (Lipinski definition) is 1. The molecule has 0 unspecified atom stereocenters. The molecule has 0 amide bonds. The Kier molecular flexibility index (Phi) is 5.54. The lowest BCUT2D eigenvalue weighted by Gasteiger charge is -2.11. The molecule has 1 aliphatic carbocycles. The highest BCUT2D eigenvalue weighted by Crippen LogP contribution is 2.33. The van der Waals surface area contributed by atoms with Crippen molar-refractivity contribution in [1.29, 1.82) is 5.41 Å². The Bertz CT molecular complexity index is 1220. The van der Waals surface area contributed by atoms with E-state index in [-0.39, 0.29) is 0 Å². The number of nitrogens with one attached hydrogen (secondary N) is 1. The third-order valence-corrected chi connectivity index (χ3v) is 4.87. The maximum absolute atomic E-state index is 8.62. The zero-order valence-corrected chi connectivity index (χ0v) is 16.3. The number of benzene rings is 3. The normalized spacial score (nSPS) is 12.3. The molecular weight excluding hydrogens is 386 g/mol. The van der Waals surface area contributed by atoms with E-state index in [9.17, 15) is 0 Å². The van der Waals surface area contributed by atoms with Gasteiger partial charge < -0.3 is 0 Å². The maximum Gasteiger partial charge on any atom is 0.165 e. The van der Waals surface area contributed by atoms with Crippen molar-refractivity contribution in [3.63, 3.8) is 0 Å². The van der Waals surface area contributed by atoms with E-state index >= 15 is 0 Å². The van der Waals surface area contributed by atoms with Crippen molar-refractivity contribution >= 4 is 22.7 Å². The molecule has 0 saturated carbocycles. The predicted molar refractivity (Wildman–Crippen MR) is 124 cm³/mol. The Morgan fingerprint density at radius 1 is 0.645 bits per heavy atom. The SMILES string of the molecule is [N-]=[N+]=Nc1ccc(-c2cc(C3=C[CH+]C(=N)C=C3)cc(-c3ccc(N=[N+]=[N-])cc3)c2)cc1. The second-order valence-electron chi connectivity index (χ2n) is 6.85. The summed E-state index contributed by atoms with van der Waals surface area (Å²) in [4.78, 5) is 5.65. The summed E-state index contributed by atoms with van der Waals surface area (Å²) in [6, 6.07) is 21.1. The van der Waals surface area contributed by atoms with Gasteiger partial charge in [0.25, 0.3) is 0 Å². The van der Waals surface area contributed by atoms with Crippen LogP contribution in [0.2, 0.25) is 0 Å². The highest BCUT2D eigenvalue weighted by Gasteiger charge is 2.15. The maximum atomic E-state index is 8.62. The molecule has 3 aromatic carbocycles. The summed E-state index contributed by atoms with van der Waals surface area (Å²) in [5.41, 5.74) is 24.8. The van der Waals surface area contributed by atoms with E-state index in [1.807, 2.05) is 36.4 Å². The predicted octanol–water partition coefficient (Wildman–Crippen LogP) is 8.08. The van der Waals surface area contributed by atoms with Gasteiger partial charge in [-0.15, -0.1) is 0 Å². The monoisotopic (exact) mass is 402 g/mol. The van der Waals surface area contributed by atoms with E-state index in [1.54, 1.807) is 36.8 Å². The summed E-state index contributed by atoms with van der Waals surface area (Å²) < 4.78 is 0. The minimum atomic E-state index is 0.461. The van der Waals surface area contributed by atoms with Crippen LogP contribution in [-0.2, 0) is 0 Å². The van der Waals surface area contributed by atoms with Crippen molar-refractivity contribution < 1.29 is 0 Å². The minimum absolute atomic E-state index is 0.461. The van der Waals surface area contributed by atoms with Crippen molar-refractivity contribution in [2.45, 2.75) is 0 Å². The molecule has 1 N–H and O–H groups in total. The Labute approximate surface area is 178 Å². The molecule has 0 radical (unpaired) electrons. The van der Waals surface area contributed by atoms with E-state index < -0.39 is 0 Å². The van der Waals surface area contributed by atoms with Gasteiger partial charge in [-0.3, -0.25) is 5.41 Å². The van der Waals surface area contributed by atoms with Gasteiger partial charge in [-0.1, -0.05) is 58.8 Å². The standard InChI is InChI=1S/C24H16N7/c25-22-7-1-16(2-8-22)19-13-20(17-3-9-23(10-4-17)28-30-26)15-21(14-19)18-5-11-24(12-6-18)29-31-27/h1-15,25H/q+1. The topological polar surface area (TPSA) is 121 Å². The fourth-order valence-electron chi connectivity index (χ4n) is 3.33. The Hall–Kier alpha value is -4.70. The molecule has 146 valence electrons. The molecule has 3 aromatic rings. The van der Waals surface area contributed by atoms with Crippen LogP contribution in [0.3, 0.4) is 0 Å². The van der Waals surface area contributed by atoms with Gasteiger partial charge in [0, 0.05) is 26.8 Å². The lowest BCUT2D eigenvalue weighted by atomic mass is 9.91. The van der Waals surface area contributed by atoms with Gasteiger partial charge in [-0.2, -0.15) is 0 Å². The third kappa shape index (κ3) is 4.49. The van der Waals surface area contributed by atoms with E-state index in [4.69, 9.17) is 16.5 Å². The van der Waals surface area contributed by atoms with Crippen LogP contribution in [0.1, 0.15) is 5.56 Å². The first-order valence-corrected chi connectivity index (χ1v) is 9.44. The zero-order chi connectivity index (χ0) is 21.6. The molecule has 0 bridgehead atoms. The van der Waals surface area contributed by atoms with Crippen LogP contribution in [0.4, 0.5) is 11.4 Å². The van der Waals surface area contributed by atoms with E-state index in [2.05, 4.69) is 38.3 Å². The third-order valence-electron chi connectivity index (χ3n) is 4.87. The lowest BCUT2D eigenvalue weighted by molar-refractivity contribution is 1.46. The number of allylic oxidation sites excluding steroid dienone is 4. The number of nitrogens with zero attached hydrogens (tertiary/aromatic N) is 6. The van der Waals surface area contributed by atoms with E-state index in [0.717, 1.165) is 33.4 Å². The van der Waals surface area contributed by atoms with Gasteiger partial charge in [0.05, 0.1) is 30.2 Å². The van der Waals surface area contributed by atoms with Crippen molar-refractivity contribution in [2.75, 3.05) is 0 Å². The van der Waals surface area contributed by atoms with Crippen LogP contribution in [0.25, 0.3) is 48.7 Å². The largest absolute Gasteiger partial charge is 0.275 e. The molecule has 4 rings (SSSR count). The molecule has 1 aliphatic rings. The first-order chi connectivity index (χ1) is 15.2. The molecule has 7 nitrogen and oxygen atoms in total. The van der Waals surface area contributed by atoms with Gasteiger partial charge >= 0.3 is 0 Å². The first kappa shape index (κ1) is 19.6. The molecule has 0 spiro atoms. The molecular formula is C24H16N7+. The minimum Gasteiger partial charge on any atom is -0.275 e. The molecule has 0 fully saturated rings. The Morgan fingerprint density at radius 3 is 1.55 bits per heavy atom. The van der Waals surface area contributed by atoms with Gasteiger partial charge in [-0.05, 0) is 51.5 Å². The highest BCUT2D eigenvalue weighted by molar-refractivity contribution is 6.06. The zero-order valence-electron chi connectivity index (χ0n) is 16.3. The average molecular weight is 402 g/mol. The Morgan fingerprint density at radius 2 is 1.13 bits per heavy atom. The summed E-state index contributed by atoms with van der Waals surface area (Å²) in [5.74, 6) is 0. The molecule has 7 heteroatoms. The Balaban J connectivity index is 1.82. The van der Waals surface area contributed by atoms with Crippen molar-refractivity contribution in [3.05, 3.63) is 118 Å². The fraction of sp³-hybridized carbons (Fsp3) is 0. The molecule has 0 saturated heterocycles. The molecule has 0 aliphatic heterocycles. The van der Waals surface area contributed by atoms with Crippen LogP contribution >= 0.6 is 0 Å². The second kappa shape index (κ2) is 8.76. The van der Waals surface area contributed by atoms with E-state index in [0.29, 0.717) is 17.1 Å². The van der Waals surface area contributed by atoms with Crippen molar-refractivity contribution in [2.24, 2.45) is 10.2 Å². The van der Waals surface area contributed by atoms with Crippen LogP contribution in [-0.4, -0.2) is 5.71 Å². The van der Waals surface area contributed by atoms with Crippen LogP contribution in [0.5, 0.6) is 0 Å². The summed E-state index contributed by atoms with van der Waals surface area (Å²) >= 11 is 0. The van der Waals surface area contributed by atoms with Crippen molar-refractivity contribution in [1.82, 2.24) is 0 Å². The molecule has 0 heterocycles. The molecule has 31 heavy (non-hydrogen) atoms. The molecule has 0 atom stereocenters. The van der Waals surface area contributed by atoms with Crippen molar-refractivity contribution in [3.8, 4) is 22.3 Å². The average Bonchev–Trinajstić information content (AvgIpc) is 2.81. The van der Waals surface area contributed by atoms with Gasteiger partial charge in [0.15, 0.2) is 5.71 Å². The summed E-state index contributed by atoms with van der Waals surface area (Å²) in [7, 11) is 0. The molecule has 0 aromatic heterocycles. The number of rotatable bonds is 5. The van der Waals surface area contributed by atoms with Crippen LogP contribution in [0, 0.1) is 11.8 Å². The summed E-state index contributed by atoms with van der Waals surface area (Å²) in [6.45, 7) is 0. The second-order valence-corrected chi connectivity index (χ2v) is 6.85. The lowest BCUT2D eigenvalue weighted by Crippen LogP contribution is -1.97.